The Kier molecular flexibility index (Phi) is 5.48. The molecule has 0 unspecified atom stereocenters. The zero-order valence-corrected chi connectivity index (χ0v) is 14.2. The van der Waals surface area contributed by atoms with Crippen molar-refractivity contribution in [2.45, 2.75) is 19.8 Å². The first-order valence-corrected chi connectivity index (χ1v) is 8.13. The van der Waals surface area contributed by atoms with E-state index in [1.165, 1.54) is 0 Å². The van der Waals surface area contributed by atoms with Crippen LogP contribution in [0, 0.1) is 6.92 Å². The minimum absolute atomic E-state index is 0.123. The van der Waals surface area contributed by atoms with Crippen molar-refractivity contribution < 1.29 is 23.3 Å². The summed E-state index contributed by atoms with van der Waals surface area (Å²) in [7, 11) is 0. The fourth-order valence-corrected chi connectivity index (χ4v) is 2.32. The van der Waals surface area contributed by atoms with E-state index in [0.29, 0.717) is 17.9 Å². The Morgan fingerprint density at radius 3 is 2.69 bits per heavy atom. The third-order valence-corrected chi connectivity index (χ3v) is 3.56. The number of rotatable bonds is 7. The van der Waals surface area contributed by atoms with Gasteiger partial charge in [-0.2, -0.15) is 0 Å². The molecule has 2 heterocycles. The van der Waals surface area contributed by atoms with Crippen LogP contribution in [0.25, 0.3) is 11.3 Å². The molecule has 26 heavy (non-hydrogen) atoms. The highest BCUT2D eigenvalue weighted by Gasteiger charge is 2.11. The van der Waals surface area contributed by atoms with Gasteiger partial charge in [0.2, 0.25) is 0 Å². The van der Waals surface area contributed by atoms with Gasteiger partial charge < -0.3 is 19.0 Å². The van der Waals surface area contributed by atoms with E-state index in [-0.39, 0.29) is 18.8 Å². The fraction of sp³-hybridized carbons (Fsp3) is 0.211. The number of carbonyl (C=O) groups excluding carboxylic acids is 2. The van der Waals surface area contributed by atoms with Gasteiger partial charge in [-0.25, -0.2) is 0 Å². The number of esters is 1. The van der Waals surface area contributed by atoms with Crippen molar-refractivity contribution in [3.63, 3.8) is 0 Å². The SMILES string of the molecule is Cc1cc(NC(=O)COC(=O)CCc2ccc(-c3ccccc3)o2)no1. The molecule has 0 fully saturated rings. The molecule has 1 N–H and O–H groups in total. The first-order chi connectivity index (χ1) is 12.6. The lowest BCUT2D eigenvalue weighted by Gasteiger charge is -2.04. The highest BCUT2D eigenvalue weighted by molar-refractivity contribution is 5.91. The maximum absolute atomic E-state index is 11.8. The Labute approximate surface area is 149 Å². The fourth-order valence-electron chi connectivity index (χ4n) is 2.32. The van der Waals surface area contributed by atoms with Gasteiger partial charge in [-0.15, -0.1) is 0 Å². The van der Waals surface area contributed by atoms with Gasteiger partial charge in [0.1, 0.15) is 17.3 Å². The van der Waals surface area contributed by atoms with Crippen LogP contribution in [-0.4, -0.2) is 23.6 Å². The lowest BCUT2D eigenvalue weighted by atomic mass is 10.2. The number of furan rings is 1. The number of ether oxygens (including phenoxy) is 1. The van der Waals surface area contributed by atoms with Crippen molar-refractivity contribution in [1.29, 1.82) is 0 Å². The Balaban J connectivity index is 1.41. The van der Waals surface area contributed by atoms with E-state index in [1.807, 2.05) is 42.5 Å². The lowest BCUT2D eigenvalue weighted by molar-refractivity contribution is -0.147. The van der Waals surface area contributed by atoms with Crippen molar-refractivity contribution in [1.82, 2.24) is 5.16 Å². The van der Waals surface area contributed by atoms with Crippen LogP contribution in [0.5, 0.6) is 0 Å². The molecule has 0 aliphatic carbocycles. The molecule has 0 spiro atoms. The van der Waals surface area contributed by atoms with Gasteiger partial charge in [0.05, 0.1) is 6.42 Å². The predicted octanol–water partition coefficient (Wildman–Crippen LogP) is 3.36. The molecular formula is C19H18N2O5. The number of nitrogens with one attached hydrogen (secondary N) is 1. The molecule has 0 radical (unpaired) electrons. The second-order valence-electron chi connectivity index (χ2n) is 5.66. The van der Waals surface area contributed by atoms with Crippen LogP contribution in [0.1, 0.15) is 17.9 Å². The number of amides is 1. The van der Waals surface area contributed by atoms with E-state index in [0.717, 1.165) is 11.3 Å². The van der Waals surface area contributed by atoms with Crippen LogP contribution >= 0.6 is 0 Å². The Morgan fingerprint density at radius 2 is 1.96 bits per heavy atom. The highest BCUT2D eigenvalue weighted by atomic mass is 16.5. The van der Waals surface area contributed by atoms with Crippen LogP contribution in [-0.2, 0) is 20.7 Å². The summed E-state index contributed by atoms with van der Waals surface area (Å²) in [6, 6.07) is 15.0. The molecule has 0 saturated carbocycles. The third kappa shape index (κ3) is 4.83. The summed E-state index contributed by atoms with van der Waals surface area (Å²) in [5.41, 5.74) is 0.973. The topological polar surface area (TPSA) is 94.6 Å². The second-order valence-corrected chi connectivity index (χ2v) is 5.66. The molecule has 134 valence electrons. The first-order valence-electron chi connectivity index (χ1n) is 8.13. The molecule has 1 aromatic carbocycles. The van der Waals surface area contributed by atoms with Gasteiger partial charge in [-0.1, -0.05) is 35.5 Å². The van der Waals surface area contributed by atoms with Gasteiger partial charge in [0.15, 0.2) is 12.4 Å². The Morgan fingerprint density at radius 1 is 1.15 bits per heavy atom. The summed E-state index contributed by atoms with van der Waals surface area (Å²) in [4.78, 5) is 23.4. The van der Waals surface area contributed by atoms with E-state index in [1.54, 1.807) is 13.0 Å². The maximum Gasteiger partial charge on any atom is 0.306 e. The van der Waals surface area contributed by atoms with Crippen molar-refractivity contribution >= 4 is 17.7 Å². The zero-order valence-electron chi connectivity index (χ0n) is 14.2. The largest absolute Gasteiger partial charge is 0.461 e. The van der Waals surface area contributed by atoms with E-state index in [2.05, 4.69) is 10.5 Å². The maximum atomic E-state index is 11.8. The van der Waals surface area contributed by atoms with Crippen LogP contribution in [0.4, 0.5) is 5.82 Å². The van der Waals surface area contributed by atoms with E-state index >= 15 is 0 Å². The minimum atomic E-state index is -0.478. The second kappa shape index (κ2) is 8.15. The summed E-state index contributed by atoms with van der Waals surface area (Å²) in [6.07, 6.45) is 0.522. The number of anilines is 1. The minimum Gasteiger partial charge on any atom is -0.461 e. The number of hydrogen-bond acceptors (Lipinski definition) is 6. The smallest absolute Gasteiger partial charge is 0.306 e. The molecule has 0 atom stereocenters. The van der Waals surface area contributed by atoms with E-state index in [9.17, 15) is 9.59 Å². The molecule has 7 nitrogen and oxygen atoms in total. The molecule has 0 bridgehead atoms. The quantitative estimate of drug-likeness (QED) is 0.654. The molecular weight excluding hydrogens is 336 g/mol. The normalized spacial score (nSPS) is 10.5. The zero-order chi connectivity index (χ0) is 18.4. The van der Waals surface area contributed by atoms with Crippen LogP contribution in [0.15, 0.2) is 57.5 Å². The Hall–Kier alpha value is -3.35. The molecule has 2 aromatic heterocycles. The van der Waals surface area contributed by atoms with Crippen molar-refractivity contribution in [2.24, 2.45) is 0 Å². The summed E-state index contributed by atoms with van der Waals surface area (Å²) in [5, 5.41) is 6.10. The number of hydrogen-bond donors (Lipinski definition) is 1. The molecule has 1 amide bonds. The molecule has 3 rings (SSSR count). The third-order valence-electron chi connectivity index (χ3n) is 3.56. The number of nitrogens with zero attached hydrogens (tertiary/aromatic N) is 1. The molecule has 0 aliphatic rings. The van der Waals surface area contributed by atoms with Gasteiger partial charge >= 0.3 is 5.97 Å². The van der Waals surface area contributed by atoms with Crippen molar-refractivity contribution in [3.8, 4) is 11.3 Å². The number of benzene rings is 1. The summed E-state index contributed by atoms with van der Waals surface area (Å²) in [6.45, 7) is 1.33. The monoisotopic (exact) mass is 354 g/mol. The average Bonchev–Trinajstić information content (AvgIpc) is 3.28. The summed E-state index contributed by atoms with van der Waals surface area (Å²) < 4.78 is 15.5. The molecule has 0 aliphatic heterocycles. The molecule has 7 heteroatoms. The van der Waals surface area contributed by atoms with Gasteiger partial charge in [0, 0.05) is 18.1 Å². The summed E-state index contributed by atoms with van der Waals surface area (Å²) >= 11 is 0. The van der Waals surface area contributed by atoms with E-state index in [4.69, 9.17) is 13.7 Å². The molecule has 0 saturated heterocycles. The van der Waals surface area contributed by atoms with Gasteiger partial charge in [-0.05, 0) is 19.1 Å². The standard InChI is InChI=1S/C19H18N2O5/c1-13-11-17(21-26-13)20-18(22)12-24-19(23)10-8-15-7-9-16(25-15)14-5-3-2-4-6-14/h2-7,9,11H,8,10,12H2,1H3,(H,20,21,22). The number of aromatic nitrogens is 1. The van der Waals surface area contributed by atoms with E-state index < -0.39 is 11.9 Å². The van der Waals surface area contributed by atoms with Crippen LogP contribution in [0.2, 0.25) is 0 Å². The average molecular weight is 354 g/mol. The van der Waals surface area contributed by atoms with Gasteiger partial charge in [-0.3, -0.25) is 9.59 Å². The van der Waals surface area contributed by atoms with Crippen molar-refractivity contribution in [3.05, 3.63) is 60.1 Å². The summed E-state index contributed by atoms with van der Waals surface area (Å²) in [5.74, 6) is 1.34. The Bertz CT molecular complexity index is 882. The predicted molar refractivity (Wildman–Crippen MR) is 93.3 cm³/mol. The molecule has 3 aromatic rings. The van der Waals surface area contributed by atoms with Crippen molar-refractivity contribution in [2.75, 3.05) is 11.9 Å². The van der Waals surface area contributed by atoms with Crippen LogP contribution < -0.4 is 5.32 Å². The highest BCUT2D eigenvalue weighted by Crippen LogP contribution is 2.22. The lowest BCUT2D eigenvalue weighted by Crippen LogP contribution is -2.21. The number of carbonyl (C=O) groups is 2. The first kappa shape index (κ1) is 17.5. The van der Waals surface area contributed by atoms with Gasteiger partial charge in [0.25, 0.3) is 5.91 Å². The van der Waals surface area contributed by atoms with Crippen LogP contribution in [0.3, 0.4) is 0 Å². The number of aryl methyl sites for hydroxylation is 2.